The summed E-state index contributed by atoms with van der Waals surface area (Å²) in [6, 6.07) is 11.3. The summed E-state index contributed by atoms with van der Waals surface area (Å²) >= 11 is 0. The molecule has 0 N–H and O–H groups in total. The highest BCUT2D eigenvalue weighted by atomic mass is 19.1. The number of rotatable bonds is 6. The van der Waals surface area contributed by atoms with Crippen molar-refractivity contribution in [3.05, 3.63) is 77.9 Å². The van der Waals surface area contributed by atoms with Gasteiger partial charge in [0, 0.05) is 64.3 Å². The molecule has 0 spiro atoms. The average Bonchev–Trinajstić information content (AvgIpc) is 3.15. The van der Waals surface area contributed by atoms with Crippen LogP contribution in [0, 0.1) is 5.82 Å². The number of hydrogen-bond donors (Lipinski definition) is 0. The minimum atomic E-state index is -0.313. The van der Waals surface area contributed by atoms with E-state index < -0.39 is 0 Å². The van der Waals surface area contributed by atoms with Crippen molar-refractivity contribution in [2.24, 2.45) is 7.05 Å². The molecule has 7 heteroatoms. The molecule has 28 heavy (non-hydrogen) atoms. The van der Waals surface area contributed by atoms with Crippen molar-refractivity contribution < 1.29 is 4.39 Å². The molecule has 0 aliphatic carbocycles. The molecule has 1 aliphatic rings. The van der Waals surface area contributed by atoms with E-state index >= 15 is 0 Å². The van der Waals surface area contributed by atoms with Crippen LogP contribution in [-0.2, 0) is 13.5 Å². The normalized spacial score (nSPS) is 16.9. The summed E-state index contributed by atoms with van der Waals surface area (Å²) in [5.41, 5.74) is 3.06. The largest absolute Gasteiger partial charge is 0.300 e. The molecule has 1 saturated heterocycles. The summed E-state index contributed by atoms with van der Waals surface area (Å²) in [6.07, 6.45) is 5.91. The van der Waals surface area contributed by atoms with Gasteiger partial charge in [-0.1, -0.05) is 6.07 Å². The third-order valence-corrected chi connectivity index (χ3v) is 5.35. The lowest BCUT2D eigenvalue weighted by Crippen LogP contribution is -2.48. The first-order valence-electron chi connectivity index (χ1n) is 9.66. The highest BCUT2D eigenvalue weighted by Crippen LogP contribution is 2.28. The van der Waals surface area contributed by atoms with Gasteiger partial charge in [0.15, 0.2) is 0 Å². The highest BCUT2D eigenvalue weighted by Gasteiger charge is 2.29. The molecular formula is C21H25FN6. The Kier molecular flexibility index (Phi) is 5.73. The molecule has 0 aromatic carbocycles. The Hall–Kier alpha value is -2.64. The van der Waals surface area contributed by atoms with E-state index in [1.165, 1.54) is 12.3 Å². The van der Waals surface area contributed by atoms with Crippen LogP contribution < -0.4 is 0 Å². The van der Waals surface area contributed by atoms with Crippen molar-refractivity contribution in [1.29, 1.82) is 0 Å². The molecule has 0 amide bonds. The van der Waals surface area contributed by atoms with E-state index in [9.17, 15) is 4.39 Å². The lowest BCUT2D eigenvalue weighted by molar-refractivity contribution is 0.106. The molecule has 0 bridgehead atoms. The van der Waals surface area contributed by atoms with Gasteiger partial charge in [0.2, 0.25) is 0 Å². The second-order valence-electron chi connectivity index (χ2n) is 7.13. The third kappa shape index (κ3) is 4.26. The summed E-state index contributed by atoms with van der Waals surface area (Å²) < 4.78 is 15.3. The van der Waals surface area contributed by atoms with Gasteiger partial charge in [-0.3, -0.25) is 19.5 Å². The van der Waals surface area contributed by atoms with Crippen LogP contribution in [0.1, 0.15) is 23.1 Å². The first-order chi connectivity index (χ1) is 13.7. The predicted octanol–water partition coefficient (Wildman–Crippen LogP) is 2.30. The smallest absolute Gasteiger partial charge is 0.141 e. The van der Waals surface area contributed by atoms with E-state index in [1.54, 1.807) is 12.3 Å². The number of nitrogens with zero attached hydrogens (tertiary/aromatic N) is 6. The van der Waals surface area contributed by atoms with Crippen LogP contribution in [0.15, 0.2) is 55.0 Å². The molecule has 4 heterocycles. The zero-order valence-corrected chi connectivity index (χ0v) is 16.1. The number of pyridine rings is 2. The molecule has 1 aliphatic heterocycles. The fourth-order valence-electron chi connectivity index (χ4n) is 3.79. The van der Waals surface area contributed by atoms with Crippen molar-refractivity contribution in [1.82, 2.24) is 29.5 Å². The molecule has 3 aromatic heterocycles. The zero-order valence-electron chi connectivity index (χ0n) is 16.1. The Bertz CT molecular complexity index is 871. The Morgan fingerprint density at radius 1 is 1.00 bits per heavy atom. The lowest BCUT2D eigenvalue weighted by Gasteiger charge is -2.39. The SMILES string of the molecule is Cn1nccc1C(c1ccc(F)cn1)N1CCN(CCc2ccccn2)CC1. The van der Waals surface area contributed by atoms with Crippen molar-refractivity contribution >= 4 is 0 Å². The van der Waals surface area contributed by atoms with Gasteiger partial charge in [-0.25, -0.2) is 4.39 Å². The van der Waals surface area contributed by atoms with E-state index in [-0.39, 0.29) is 11.9 Å². The molecule has 1 fully saturated rings. The van der Waals surface area contributed by atoms with E-state index in [2.05, 4.69) is 30.9 Å². The van der Waals surface area contributed by atoms with Gasteiger partial charge in [0.25, 0.3) is 0 Å². The monoisotopic (exact) mass is 380 g/mol. The molecule has 0 radical (unpaired) electrons. The molecular weight excluding hydrogens is 355 g/mol. The first kappa shape index (κ1) is 18.7. The maximum Gasteiger partial charge on any atom is 0.141 e. The quantitative estimate of drug-likeness (QED) is 0.657. The van der Waals surface area contributed by atoms with E-state index in [4.69, 9.17) is 0 Å². The van der Waals surface area contributed by atoms with Gasteiger partial charge >= 0.3 is 0 Å². The van der Waals surface area contributed by atoms with Crippen LogP contribution in [-0.4, -0.2) is 62.3 Å². The van der Waals surface area contributed by atoms with Crippen molar-refractivity contribution in [3.8, 4) is 0 Å². The molecule has 1 atom stereocenters. The number of piperazine rings is 1. The van der Waals surface area contributed by atoms with Crippen LogP contribution in [0.4, 0.5) is 4.39 Å². The maximum absolute atomic E-state index is 13.4. The predicted molar refractivity (Wildman–Crippen MR) is 105 cm³/mol. The second-order valence-corrected chi connectivity index (χ2v) is 7.13. The van der Waals surface area contributed by atoms with Crippen LogP contribution in [0.3, 0.4) is 0 Å². The molecule has 3 aromatic rings. The van der Waals surface area contributed by atoms with Crippen LogP contribution in [0.5, 0.6) is 0 Å². The topological polar surface area (TPSA) is 50.1 Å². The minimum Gasteiger partial charge on any atom is -0.300 e. The summed E-state index contributed by atoms with van der Waals surface area (Å²) in [7, 11) is 1.94. The molecule has 146 valence electrons. The Morgan fingerprint density at radius 2 is 1.86 bits per heavy atom. The van der Waals surface area contributed by atoms with Gasteiger partial charge in [-0.05, 0) is 30.3 Å². The number of hydrogen-bond acceptors (Lipinski definition) is 5. The van der Waals surface area contributed by atoms with Gasteiger partial charge in [-0.2, -0.15) is 5.10 Å². The van der Waals surface area contributed by atoms with Gasteiger partial charge < -0.3 is 4.90 Å². The summed E-state index contributed by atoms with van der Waals surface area (Å²) in [4.78, 5) is 13.7. The van der Waals surface area contributed by atoms with Crippen LogP contribution in [0.25, 0.3) is 0 Å². The van der Waals surface area contributed by atoms with E-state index in [0.29, 0.717) is 0 Å². The molecule has 0 saturated carbocycles. The number of aromatic nitrogens is 4. The van der Waals surface area contributed by atoms with Crippen molar-refractivity contribution in [2.45, 2.75) is 12.5 Å². The maximum atomic E-state index is 13.4. The van der Waals surface area contributed by atoms with Gasteiger partial charge in [0.1, 0.15) is 5.82 Å². The molecule has 4 rings (SSSR count). The van der Waals surface area contributed by atoms with Gasteiger partial charge in [0.05, 0.1) is 23.6 Å². The van der Waals surface area contributed by atoms with Crippen molar-refractivity contribution in [3.63, 3.8) is 0 Å². The zero-order chi connectivity index (χ0) is 19.3. The highest BCUT2D eigenvalue weighted by molar-refractivity contribution is 5.22. The average molecular weight is 380 g/mol. The first-order valence-corrected chi connectivity index (χ1v) is 9.66. The van der Waals surface area contributed by atoms with Gasteiger partial charge in [-0.15, -0.1) is 0 Å². The second kappa shape index (κ2) is 8.58. The Labute approximate surface area is 164 Å². The molecule has 6 nitrogen and oxygen atoms in total. The molecule has 1 unspecified atom stereocenters. The summed E-state index contributed by atoms with van der Waals surface area (Å²) in [5, 5.41) is 4.32. The fourth-order valence-corrected chi connectivity index (χ4v) is 3.79. The Morgan fingerprint density at radius 3 is 2.50 bits per heavy atom. The van der Waals surface area contributed by atoms with E-state index in [0.717, 1.165) is 56.2 Å². The third-order valence-electron chi connectivity index (χ3n) is 5.35. The van der Waals surface area contributed by atoms with Crippen molar-refractivity contribution in [2.75, 3.05) is 32.7 Å². The minimum absolute atomic E-state index is 0.0222. The van der Waals surface area contributed by atoms with Crippen LogP contribution in [0.2, 0.25) is 0 Å². The van der Waals surface area contributed by atoms with Crippen LogP contribution >= 0.6 is 0 Å². The number of aryl methyl sites for hydroxylation is 1. The Balaban J connectivity index is 1.44. The lowest BCUT2D eigenvalue weighted by atomic mass is 10.1. The number of halogens is 1. The standard InChI is InChI=1S/C21H25FN6/c1-26-20(7-10-25-26)21(19-6-5-17(22)16-24-19)28-14-12-27(13-15-28)11-8-18-4-2-3-9-23-18/h2-7,9-10,16,21H,8,11-15H2,1H3. The summed E-state index contributed by atoms with van der Waals surface area (Å²) in [5.74, 6) is -0.313. The fraction of sp³-hybridized carbons (Fsp3) is 0.381. The van der Waals surface area contributed by atoms with E-state index in [1.807, 2.05) is 36.1 Å². The summed E-state index contributed by atoms with van der Waals surface area (Å²) in [6.45, 7) is 4.84.